The second kappa shape index (κ2) is 5.59. The van der Waals surface area contributed by atoms with E-state index < -0.39 is 0 Å². The first-order valence-corrected chi connectivity index (χ1v) is 6.51. The van der Waals surface area contributed by atoms with E-state index in [1.165, 1.54) is 6.42 Å². The Morgan fingerprint density at radius 3 is 2.44 bits per heavy atom. The zero-order valence-electron chi connectivity index (χ0n) is 8.77. The van der Waals surface area contributed by atoms with Crippen LogP contribution in [0.3, 0.4) is 0 Å². The maximum Gasteiger partial charge on any atom is 0.0468 e. The molecule has 87 valence electrons. The fourth-order valence-corrected chi connectivity index (χ4v) is 2.95. The summed E-state index contributed by atoms with van der Waals surface area (Å²) >= 11 is 18.2. The molecule has 0 amide bonds. The minimum Gasteiger partial charge on any atom is -0.309 e. The first-order chi connectivity index (χ1) is 7.66. The van der Waals surface area contributed by atoms with Crippen molar-refractivity contribution in [1.29, 1.82) is 0 Å². The van der Waals surface area contributed by atoms with Gasteiger partial charge in [0.1, 0.15) is 0 Å². The molecule has 1 radical (unpaired) electrons. The molecule has 0 aliphatic carbocycles. The molecule has 0 bridgehead atoms. The van der Waals surface area contributed by atoms with Gasteiger partial charge in [0.25, 0.3) is 0 Å². The lowest BCUT2D eigenvalue weighted by molar-refractivity contribution is 0.441. The van der Waals surface area contributed by atoms with E-state index in [-0.39, 0.29) is 0 Å². The Bertz CT molecular complexity index is 350. The summed E-state index contributed by atoms with van der Waals surface area (Å²) in [5, 5.41) is 5.26. The average molecular weight is 278 g/mol. The van der Waals surface area contributed by atoms with Gasteiger partial charge in [-0.2, -0.15) is 0 Å². The third-order valence-corrected chi connectivity index (χ3v) is 3.70. The molecular weight excluding hydrogens is 264 g/mol. The van der Waals surface area contributed by atoms with Crippen LogP contribution in [0.15, 0.2) is 12.1 Å². The van der Waals surface area contributed by atoms with E-state index in [1.54, 1.807) is 12.1 Å². The van der Waals surface area contributed by atoms with Crippen molar-refractivity contribution in [3.05, 3.63) is 39.3 Å². The molecule has 0 saturated carbocycles. The average Bonchev–Trinajstić information content (AvgIpc) is 2.25. The Morgan fingerprint density at radius 1 is 1.19 bits per heavy atom. The maximum absolute atomic E-state index is 6.15. The largest absolute Gasteiger partial charge is 0.309 e. The smallest absolute Gasteiger partial charge is 0.0468 e. The maximum atomic E-state index is 6.15. The third-order valence-electron chi connectivity index (χ3n) is 2.81. The van der Waals surface area contributed by atoms with Gasteiger partial charge in [-0.1, -0.05) is 41.2 Å². The van der Waals surface area contributed by atoms with Crippen LogP contribution in [0.5, 0.6) is 0 Å². The number of hydrogen-bond donors (Lipinski definition) is 1. The summed E-state index contributed by atoms with van der Waals surface area (Å²) in [4.78, 5) is 0. The van der Waals surface area contributed by atoms with Gasteiger partial charge in [-0.25, -0.2) is 0 Å². The van der Waals surface area contributed by atoms with Crippen molar-refractivity contribution in [3.63, 3.8) is 0 Å². The van der Waals surface area contributed by atoms with Gasteiger partial charge in [-0.05, 0) is 37.0 Å². The molecule has 1 atom stereocenters. The van der Waals surface area contributed by atoms with Gasteiger partial charge in [0.05, 0.1) is 0 Å². The zero-order chi connectivity index (χ0) is 11.5. The molecule has 16 heavy (non-hydrogen) atoms. The lowest BCUT2D eigenvalue weighted by Gasteiger charge is -2.24. The molecule has 1 N–H and O–H groups in total. The highest BCUT2D eigenvalue weighted by Gasteiger charge is 2.17. The summed E-state index contributed by atoms with van der Waals surface area (Å²) in [6.45, 7) is 2.12. The molecule has 4 heteroatoms. The monoisotopic (exact) mass is 276 g/mol. The summed E-state index contributed by atoms with van der Waals surface area (Å²) in [5.74, 6) is 0. The summed E-state index contributed by atoms with van der Waals surface area (Å²) in [6.07, 6.45) is 4.37. The molecule has 1 saturated heterocycles. The van der Waals surface area contributed by atoms with Crippen molar-refractivity contribution in [2.75, 3.05) is 0 Å². The van der Waals surface area contributed by atoms with E-state index in [4.69, 9.17) is 34.8 Å². The molecule has 1 aliphatic rings. The van der Waals surface area contributed by atoms with Crippen molar-refractivity contribution >= 4 is 34.8 Å². The molecule has 0 aromatic heterocycles. The second-order valence-electron chi connectivity index (χ2n) is 4.05. The number of benzene rings is 1. The Kier molecular flexibility index (Phi) is 4.37. The van der Waals surface area contributed by atoms with Gasteiger partial charge >= 0.3 is 0 Å². The van der Waals surface area contributed by atoms with Crippen molar-refractivity contribution < 1.29 is 0 Å². The van der Waals surface area contributed by atoms with Crippen LogP contribution in [0.25, 0.3) is 0 Å². The molecule has 2 rings (SSSR count). The minimum absolute atomic E-state index is 0.435. The second-order valence-corrected chi connectivity index (χ2v) is 5.30. The fourth-order valence-electron chi connectivity index (χ4n) is 1.97. The molecule has 1 unspecified atom stereocenters. The van der Waals surface area contributed by atoms with E-state index in [2.05, 4.69) is 11.9 Å². The Hall–Kier alpha value is 0.0500. The van der Waals surface area contributed by atoms with Crippen LogP contribution in [0.1, 0.15) is 24.8 Å². The minimum atomic E-state index is 0.435. The van der Waals surface area contributed by atoms with Crippen LogP contribution < -0.4 is 5.32 Å². The number of halogens is 3. The van der Waals surface area contributed by atoms with E-state index >= 15 is 0 Å². The van der Waals surface area contributed by atoms with E-state index in [0.717, 1.165) is 24.8 Å². The van der Waals surface area contributed by atoms with Crippen molar-refractivity contribution in [2.24, 2.45) is 0 Å². The Labute approximate surface area is 111 Å². The molecule has 1 heterocycles. The van der Waals surface area contributed by atoms with Crippen molar-refractivity contribution in [3.8, 4) is 0 Å². The van der Waals surface area contributed by atoms with Gasteiger partial charge in [0, 0.05) is 27.7 Å². The predicted octanol–water partition coefficient (Wildman–Crippen LogP) is 4.49. The Morgan fingerprint density at radius 2 is 1.88 bits per heavy atom. The van der Waals surface area contributed by atoms with Crippen LogP contribution in [0.4, 0.5) is 0 Å². The van der Waals surface area contributed by atoms with Crippen molar-refractivity contribution in [2.45, 2.75) is 31.7 Å². The van der Waals surface area contributed by atoms with Crippen LogP contribution in [0, 0.1) is 6.54 Å². The van der Waals surface area contributed by atoms with Gasteiger partial charge < -0.3 is 5.32 Å². The topological polar surface area (TPSA) is 12.0 Å². The predicted molar refractivity (Wildman–Crippen MR) is 70.3 cm³/mol. The summed E-state index contributed by atoms with van der Waals surface area (Å²) in [7, 11) is 0. The van der Waals surface area contributed by atoms with Crippen molar-refractivity contribution in [1.82, 2.24) is 5.32 Å². The van der Waals surface area contributed by atoms with Crippen LogP contribution >= 0.6 is 34.8 Å². The lowest BCUT2D eigenvalue weighted by atomic mass is 9.98. The molecule has 1 aliphatic heterocycles. The molecule has 1 aromatic rings. The number of rotatable bonds is 2. The standard InChI is InChI=1S/C12H13Cl3N/c13-8-5-11(14)10(12(15)6-8)7-9-3-1-2-4-16-9/h4-6,9,16H,1-3,7H2. The highest BCUT2D eigenvalue weighted by Crippen LogP contribution is 2.30. The lowest BCUT2D eigenvalue weighted by Crippen LogP contribution is -2.32. The van der Waals surface area contributed by atoms with Gasteiger partial charge in [0.15, 0.2) is 0 Å². The summed E-state index contributed by atoms with van der Waals surface area (Å²) in [6, 6.07) is 3.93. The normalized spacial score (nSPS) is 21.1. The first kappa shape index (κ1) is 12.5. The summed E-state index contributed by atoms with van der Waals surface area (Å²) < 4.78 is 0. The number of nitrogens with one attached hydrogen (secondary N) is 1. The third kappa shape index (κ3) is 3.04. The van der Waals surface area contributed by atoms with Gasteiger partial charge in [-0.3, -0.25) is 0 Å². The first-order valence-electron chi connectivity index (χ1n) is 5.38. The van der Waals surface area contributed by atoms with E-state index in [1.807, 2.05) is 0 Å². The molecule has 1 aromatic carbocycles. The zero-order valence-corrected chi connectivity index (χ0v) is 11.0. The molecule has 1 nitrogen and oxygen atoms in total. The van der Waals surface area contributed by atoms with Crippen LogP contribution in [-0.4, -0.2) is 6.04 Å². The van der Waals surface area contributed by atoms with Gasteiger partial charge in [0.2, 0.25) is 0 Å². The number of piperidine rings is 1. The number of hydrogen-bond acceptors (Lipinski definition) is 1. The fraction of sp³-hybridized carbons (Fsp3) is 0.417. The van der Waals surface area contributed by atoms with Crippen LogP contribution in [0.2, 0.25) is 15.1 Å². The Balaban J connectivity index is 2.14. The highest BCUT2D eigenvalue weighted by atomic mass is 35.5. The molecule has 1 fully saturated rings. The summed E-state index contributed by atoms with van der Waals surface area (Å²) in [5.41, 5.74) is 0.987. The quantitative estimate of drug-likeness (QED) is 0.839. The van der Waals surface area contributed by atoms with Gasteiger partial charge in [-0.15, -0.1) is 0 Å². The molecule has 0 spiro atoms. The van der Waals surface area contributed by atoms with Crippen LogP contribution in [-0.2, 0) is 6.42 Å². The molecular formula is C12H13Cl3N. The van der Waals surface area contributed by atoms with E-state index in [9.17, 15) is 0 Å². The highest BCUT2D eigenvalue weighted by molar-refractivity contribution is 6.39. The SMILES string of the molecule is Clc1cc(Cl)c(CC2CCC[CH]N2)c(Cl)c1. The van der Waals surface area contributed by atoms with E-state index in [0.29, 0.717) is 21.1 Å².